The summed E-state index contributed by atoms with van der Waals surface area (Å²) < 4.78 is 82.5. The number of nitrogens with zero attached hydrogens (tertiary/aromatic N) is 1. The highest BCUT2D eigenvalue weighted by molar-refractivity contribution is 7.86. The Morgan fingerprint density at radius 3 is 2.13 bits per heavy atom. The lowest BCUT2D eigenvalue weighted by Gasteiger charge is -2.18. The van der Waals surface area contributed by atoms with E-state index in [0.717, 1.165) is 17.7 Å². The van der Waals surface area contributed by atoms with Gasteiger partial charge < -0.3 is 5.32 Å². The summed E-state index contributed by atoms with van der Waals surface area (Å²) in [4.78, 5) is 11.1. The van der Waals surface area contributed by atoms with Crippen LogP contribution in [0.15, 0.2) is 58.6 Å². The average molecular weight is 549 g/mol. The van der Waals surface area contributed by atoms with Crippen molar-refractivity contribution in [3.8, 4) is 0 Å². The summed E-state index contributed by atoms with van der Waals surface area (Å²) in [6.07, 6.45) is 3.00. The van der Waals surface area contributed by atoms with Crippen LogP contribution < -0.4 is 5.32 Å². The zero-order valence-corrected chi connectivity index (χ0v) is 21.2. The third-order valence-corrected chi connectivity index (χ3v) is 7.21. The molecule has 0 spiro atoms. The minimum atomic E-state index is -4.08. The average Bonchev–Trinajstić information content (AvgIpc) is 3.04. The van der Waals surface area contributed by atoms with Crippen LogP contribution in [-0.4, -0.2) is 20.0 Å². The lowest BCUT2D eigenvalue weighted by atomic mass is 9.89. The number of hydrogen-bond acceptors (Lipinski definition) is 5. The van der Waals surface area contributed by atoms with Crippen molar-refractivity contribution in [2.75, 3.05) is 5.32 Å². The first-order chi connectivity index (χ1) is 18.0. The fourth-order valence-corrected chi connectivity index (χ4v) is 5.00. The number of amides is 1. The molecule has 0 aromatic heterocycles. The van der Waals surface area contributed by atoms with Gasteiger partial charge in [0, 0.05) is 24.1 Å². The Labute approximate surface area is 217 Å². The van der Waals surface area contributed by atoms with E-state index in [1.165, 1.54) is 24.3 Å². The van der Waals surface area contributed by atoms with Crippen LogP contribution in [0.25, 0.3) is 0 Å². The molecule has 1 aliphatic heterocycles. The minimum absolute atomic E-state index is 0.0342. The summed E-state index contributed by atoms with van der Waals surface area (Å²) in [5, 5.41) is 6.09. The quantitative estimate of drug-likeness (QED) is 0.323. The molecule has 2 aliphatic rings. The number of halogens is 4. The maximum atomic E-state index is 14.0. The van der Waals surface area contributed by atoms with Crippen molar-refractivity contribution in [1.82, 2.24) is 0 Å². The van der Waals surface area contributed by atoms with Gasteiger partial charge in [-0.15, -0.1) is 0 Å². The van der Waals surface area contributed by atoms with Gasteiger partial charge in [-0.2, -0.15) is 8.42 Å². The molecule has 5 rings (SSSR count). The van der Waals surface area contributed by atoms with Gasteiger partial charge in [0.25, 0.3) is 0 Å². The summed E-state index contributed by atoms with van der Waals surface area (Å²) in [6.45, 7) is 1.83. The predicted octanol–water partition coefficient (Wildman–Crippen LogP) is 5.96. The van der Waals surface area contributed by atoms with E-state index in [0.29, 0.717) is 49.7 Å². The molecule has 0 unspecified atom stereocenters. The molecule has 11 heteroatoms. The lowest BCUT2D eigenvalue weighted by Crippen LogP contribution is -2.16. The molecule has 3 aromatic carbocycles. The second-order valence-corrected chi connectivity index (χ2v) is 10.5. The van der Waals surface area contributed by atoms with E-state index < -0.39 is 33.4 Å². The third kappa shape index (κ3) is 6.39. The number of hydrogen-bond donors (Lipinski definition) is 1. The zero-order valence-electron chi connectivity index (χ0n) is 20.4. The molecule has 0 radical (unpaired) electrons. The van der Waals surface area contributed by atoms with Gasteiger partial charge in [0.15, 0.2) is 0 Å². The van der Waals surface area contributed by atoms with Crippen molar-refractivity contribution >= 4 is 27.4 Å². The van der Waals surface area contributed by atoms with Gasteiger partial charge in [-0.05, 0) is 74.4 Å². The Hall–Kier alpha value is -3.73. The summed E-state index contributed by atoms with van der Waals surface area (Å²) >= 11 is 0. The predicted molar refractivity (Wildman–Crippen MR) is 133 cm³/mol. The second-order valence-electron chi connectivity index (χ2n) is 8.98. The number of rotatable bonds is 3. The van der Waals surface area contributed by atoms with Crippen LogP contribution in [0.1, 0.15) is 47.9 Å². The van der Waals surface area contributed by atoms with E-state index in [9.17, 15) is 30.8 Å². The molecule has 1 N–H and O–H groups in total. The number of benzene rings is 3. The Bertz CT molecular complexity index is 1510. The van der Waals surface area contributed by atoms with Crippen molar-refractivity contribution in [2.45, 2.75) is 50.3 Å². The monoisotopic (exact) mass is 548 g/mol. The summed E-state index contributed by atoms with van der Waals surface area (Å²) in [5.74, 6) is -2.94. The fraction of sp³-hybridized carbons (Fsp3) is 0.259. The van der Waals surface area contributed by atoms with Crippen LogP contribution >= 0.6 is 0 Å². The second kappa shape index (κ2) is 11.3. The van der Waals surface area contributed by atoms with Crippen LogP contribution in [-0.2, 0) is 32.0 Å². The van der Waals surface area contributed by atoms with Gasteiger partial charge >= 0.3 is 10.1 Å². The molecule has 3 aromatic rings. The maximum Gasteiger partial charge on any atom is 0.358 e. The Morgan fingerprint density at radius 2 is 1.42 bits per heavy atom. The van der Waals surface area contributed by atoms with Crippen molar-refractivity contribution in [3.63, 3.8) is 0 Å². The van der Waals surface area contributed by atoms with Gasteiger partial charge in [-0.1, -0.05) is 22.9 Å². The van der Waals surface area contributed by atoms with Gasteiger partial charge in [-0.3, -0.25) is 9.08 Å². The first-order valence-electron chi connectivity index (χ1n) is 11.9. The molecular weight excluding hydrogens is 524 g/mol. The van der Waals surface area contributed by atoms with Crippen LogP contribution in [0.2, 0.25) is 0 Å². The Morgan fingerprint density at radius 1 is 0.816 bits per heavy atom. The number of carbonyl (C=O) groups excluding carboxylic acids is 1. The van der Waals surface area contributed by atoms with Crippen molar-refractivity contribution in [3.05, 3.63) is 94.1 Å². The molecule has 38 heavy (non-hydrogen) atoms. The summed E-state index contributed by atoms with van der Waals surface area (Å²) in [6, 6.07) is 10.2. The molecule has 0 atom stereocenters. The number of nitrogens with one attached hydrogen (secondary N) is 1. The number of carbonyl (C=O) groups is 1. The molecule has 200 valence electrons. The van der Waals surface area contributed by atoms with E-state index in [2.05, 4.69) is 10.5 Å². The normalized spacial score (nSPS) is 15.9. The lowest BCUT2D eigenvalue weighted by molar-refractivity contribution is -0.116. The van der Waals surface area contributed by atoms with E-state index in [1.807, 2.05) is 6.92 Å². The number of aryl methyl sites for hydroxylation is 3. The first-order valence-corrected chi connectivity index (χ1v) is 13.3. The molecule has 1 aliphatic carbocycles. The fourth-order valence-electron chi connectivity index (χ4n) is 4.26. The summed E-state index contributed by atoms with van der Waals surface area (Å²) in [5.41, 5.74) is 2.34. The highest BCUT2D eigenvalue weighted by Crippen LogP contribution is 2.27. The van der Waals surface area contributed by atoms with Crippen molar-refractivity contribution in [1.29, 1.82) is 0 Å². The Kier molecular flexibility index (Phi) is 8.15. The van der Waals surface area contributed by atoms with Crippen LogP contribution in [0.3, 0.4) is 0 Å². The molecule has 0 fully saturated rings. The van der Waals surface area contributed by atoms with Gasteiger partial charge in [0.1, 0.15) is 28.2 Å². The smallest absolute Gasteiger partial charge is 0.323 e. The van der Waals surface area contributed by atoms with Gasteiger partial charge in [0.05, 0.1) is 11.4 Å². The molecule has 0 bridgehead atoms. The minimum Gasteiger partial charge on any atom is -0.323 e. The molecule has 1 heterocycles. The highest BCUT2D eigenvalue weighted by Gasteiger charge is 2.23. The third-order valence-electron chi connectivity index (χ3n) is 6.09. The SMILES string of the molecule is Cc1ccc(S(=O)(=O)O/N=C2\CCCc3cc(F)cc(F)c32)cc1.O=C1CCCc2cc(F)cc(F)c2N1. The van der Waals surface area contributed by atoms with Crippen molar-refractivity contribution < 1.29 is 35.1 Å². The van der Waals surface area contributed by atoms with Crippen LogP contribution in [0.4, 0.5) is 23.2 Å². The number of anilines is 1. The highest BCUT2D eigenvalue weighted by atomic mass is 32.2. The zero-order chi connectivity index (χ0) is 27.4. The van der Waals surface area contributed by atoms with E-state index in [-0.39, 0.29) is 27.8 Å². The largest absolute Gasteiger partial charge is 0.358 e. The Balaban J connectivity index is 0.000000204. The number of fused-ring (bicyclic) bond motifs is 2. The van der Waals surface area contributed by atoms with E-state index in [1.54, 1.807) is 12.1 Å². The van der Waals surface area contributed by atoms with E-state index in [4.69, 9.17) is 4.28 Å². The maximum absolute atomic E-state index is 14.0. The standard InChI is InChI=1S/C17H15F2NO3S.C10H9F2NO/c1-11-5-7-14(8-6-11)24(21,22)23-20-16-4-2-3-12-9-13(18)10-15(19)17(12)16;11-7-4-6-2-1-3-9(14)13-10(6)8(12)5-7/h5-10H,2-4H2,1H3;4-5H,1-3H2,(H,13,14)/b20-16+;. The molecular formula is C27H24F4N2O4S. The van der Waals surface area contributed by atoms with Crippen LogP contribution in [0.5, 0.6) is 0 Å². The topological polar surface area (TPSA) is 84.8 Å². The van der Waals surface area contributed by atoms with Gasteiger partial charge in [-0.25, -0.2) is 17.6 Å². The number of oxime groups is 1. The van der Waals surface area contributed by atoms with Crippen LogP contribution in [0, 0.1) is 30.2 Å². The van der Waals surface area contributed by atoms with Crippen molar-refractivity contribution in [2.24, 2.45) is 5.16 Å². The molecule has 0 saturated heterocycles. The molecule has 0 saturated carbocycles. The van der Waals surface area contributed by atoms with E-state index >= 15 is 0 Å². The molecule has 1 amide bonds. The molecule has 6 nitrogen and oxygen atoms in total. The van der Waals surface area contributed by atoms with Gasteiger partial charge in [0.2, 0.25) is 5.91 Å². The first kappa shape index (κ1) is 27.3. The summed E-state index contributed by atoms with van der Waals surface area (Å²) in [7, 11) is -4.08.